The van der Waals surface area contributed by atoms with E-state index in [2.05, 4.69) is 11.8 Å². The van der Waals surface area contributed by atoms with E-state index in [0.717, 1.165) is 18.7 Å². The average molecular weight is 209 g/mol. The van der Waals surface area contributed by atoms with Crippen LogP contribution in [0.2, 0.25) is 0 Å². The zero-order valence-corrected chi connectivity index (χ0v) is 8.86. The first-order valence-electron chi connectivity index (χ1n) is 5.35. The van der Waals surface area contributed by atoms with Crippen LogP contribution in [0.5, 0.6) is 0 Å². The lowest BCUT2D eigenvalue weighted by Gasteiger charge is -2.26. The maximum Gasteiger partial charge on any atom is 0.123 e. The molecule has 2 nitrogen and oxygen atoms in total. The predicted molar refractivity (Wildman–Crippen MR) is 58.4 cm³/mol. The third-order valence-corrected chi connectivity index (χ3v) is 3.31. The molecule has 1 aliphatic heterocycles. The topological polar surface area (TPSA) is 23.5 Å². The first-order valence-corrected chi connectivity index (χ1v) is 5.35. The summed E-state index contributed by atoms with van der Waals surface area (Å²) < 4.78 is 12.8. The van der Waals surface area contributed by atoms with Gasteiger partial charge in [0.2, 0.25) is 0 Å². The Labute approximate surface area is 89.3 Å². The van der Waals surface area contributed by atoms with E-state index in [1.807, 2.05) is 0 Å². The second-order valence-electron chi connectivity index (χ2n) is 4.14. The largest absolute Gasteiger partial charge is 0.396 e. The molecule has 0 saturated carbocycles. The average Bonchev–Trinajstić information content (AvgIpc) is 2.61. The second kappa shape index (κ2) is 4.19. The zero-order valence-electron chi connectivity index (χ0n) is 8.86. The summed E-state index contributed by atoms with van der Waals surface area (Å²) in [6, 6.07) is 6.89. The molecule has 1 aromatic rings. The van der Waals surface area contributed by atoms with Crippen LogP contribution in [0.15, 0.2) is 24.3 Å². The minimum absolute atomic E-state index is 0.204. The fraction of sp³-hybridized carbons (Fsp3) is 0.500. The molecule has 15 heavy (non-hydrogen) atoms. The number of aliphatic hydroxyl groups is 1. The number of anilines is 1. The Balaban J connectivity index is 2.15. The van der Waals surface area contributed by atoms with Crippen LogP contribution in [0.25, 0.3) is 0 Å². The summed E-state index contributed by atoms with van der Waals surface area (Å²) in [7, 11) is 0. The number of nitrogens with zero attached hydrogens (tertiary/aromatic N) is 1. The molecule has 1 heterocycles. The molecule has 0 bridgehead atoms. The van der Waals surface area contributed by atoms with Crippen molar-refractivity contribution in [2.75, 3.05) is 18.1 Å². The van der Waals surface area contributed by atoms with Crippen molar-refractivity contribution in [3.05, 3.63) is 30.1 Å². The van der Waals surface area contributed by atoms with Gasteiger partial charge in [0.1, 0.15) is 5.82 Å². The highest BCUT2D eigenvalue weighted by atomic mass is 19.1. The highest BCUT2D eigenvalue weighted by molar-refractivity contribution is 5.48. The van der Waals surface area contributed by atoms with Gasteiger partial charge < -0.3 is 10.0 Å². The van der Waals surface area contributed by atoms with Crippen LogP contribution < -0.4 is 4.90 Å². The Morgan fingerprint density at radius 1 is 1.40 bits per heavy atom. The van der Waals surface area contributed by atoms with Crippen LogP contribution in [0.3, 0.4) is 0 Å². The molecule has 2 atom stereocenters. The lowest BCUT2D eigenvalue weighted by Crippen LogP contribution is -2.30. The fourth-order valence-electron chi connectivity index (χ4n) is 2.24. The minimum Gasteiger partial charge on any atom is -0.396 e. The Kier molecular flexibility index (Phi) is 2.91. The summed E-state index contributed by atoms with van der Waals surface area (Å²) in [4.78, 5) is 2.22. The van der Waals surface area contributed by atoms with Crippen LogP contribution in [-0.4, -0.2) is 24.3 Å². The highest BCUT2D eigenvalue weighted by Crippen LogP contribution is 2.29. The van der Waals surface area contributed by atoms with E-state index in [9.17, 15) is 4.39 Å². The molecule has 1 fully saturated rings. The van der Waals surface area contributed by atoms with Crippen LogP contribution in [0.1, 0.15) is 13.3 Å². The van der Waals surface area contributed by atoms with Crippen molar-refractivity contribution in [1.82, 2.24) is 0 Å². The quantitative estimate of drug-likeness (QED) is 0.805. The molecule has 0 aliphatic carbocycles. The van der Waals surface area contributed by atoms with Crippen molar-refractivity contribution in [2.24, 2.45) is 5.92 Å². The van der Waals surface area contributed by atoms with Crippen molar-refractivity contribution >= 4 is 5.69 Å². The Hall–Kier alpha value is -1.09. The van der Waals surface area contributed by atoms with Gasteiger partial charge in [0.25, 0.3) is 0 Å². The number of aliphatic hydroxyl groups excluding tert-OH is 1. The van der Waals surface area contributed by atoms with E-state index in [0.29, 0.717) is 12.0 Å². The summed E-state index contributed by atoms with van der Waals surface area (Å²) in [5.41, 5.74) is 1.04. The van der Waals surface area contributed by atoms with E-state index in [1.54, 1.807) is 12.1 Å². The molecule has 2 unspecified atom stereocenters. The van der Waals surface area contributed by atoms with Gasteiger partial charge in [-0.2, -0.15) is 0 Å². The van der Waals surface area contributed by atoms with Crippen LogP contribution >= 0.6 is 0 Å². The van der Waals surface area contributed by atoms with Crippen molar-refractivity contribution in [1.29, 1.82) is 0 Å². The molecule has 0 aromatic heterocycles. The van der Waals surface area contributed by atoms with Gasteiger partial charge in [0, 0.05) is 30.8 Å². The van der Waals surface area contributed by atoms with E-state index >= 15 is 0 Å². The van der Waals surface area contributed by atoms with Crippen molar-refractivity contribution in [3.63, 3.8) is 0 Å². The molecule has 3 heteroatoms. The molecule has 1 aliphatic rings. The Morgan fingerprint density at radius 2 is 2.07 bits per heavy atom. The lowest BCUT2D eigenvalue weighted by atomic mass is 10.0. The third-order valence-electron chi connectivity index (χ3n) is 3.31. The van der Waals surface area contributed by atoms with Crippen LogP contribution in [-0.2, 0) is 0 Å². The van der Waals surface area contributed by atoms with E-state index in [-0.39, 0.29) is 12.4 Å². The normalized spacial score (nSPS) is 25.9. The Bertz CT molecular complexity index is 325. The van der Waals surface area contributed by atoms with Crippen LogP contribution in [0.4, 0.5) is 10.1 Å². The van der Waals surface area contributed by atoms with Gasteiger partial charge in [-0.3, -0.25) is 0 Å². The van der Waals surface area contributed by atoms with Gasteiger partial charge in [-0.1, -0.05) is 0 Å². The molecule has 0 amide bonds. The predicted octanol–water partition coefficient (Wildman–Crippen LogP) is 2.03. The van der Waals surface area contributed by atoms with Gasteiger partial charge in [0.15, 0.2) is 0 Å². The summed E-state index contributed by atoms with van der Waals surface area (Å²) in [5.74, 6) is 0.138. The van der Waals surface area contributed by atoms with Gasteiger partial charge in [-0.25, -0.2) is 4.39 Å². The molecule has 0 spiro atoms. The SMILES string of the molecule is CC1C(CO)CCN1c1ccc(F)cc1. The van der Waals surface area contributed by atoms with E-state index < -0.39 is 0 Å². The van der Waals surface area contributed by atoms with Crippen molar-refractivity contribution in [3.8, 4) is 0 Å². The third kappa shape index (κ3) is 1.97. The maximum atomic E-state index is 12.8. The maximum absolute atomic E-state index is 12.8. The second-order valence-corrected chi connectivity index (χ2v) is 4.14. The molecule has 1 saturated heterocycles. The summed E-state index contributed by atoms with van der Waals surface area (Å²) in [6.45, 7) is 3.29. The Morgan fingerprint density at radius 3 is 2.60 bits per heavy atom. The first kappa shape index (κ1) is 10.4. The number of benzene rings is 1. The van der Waals surface area contributed by atoms with Gasteiger partial charge in [-0.05, 0) is 37.6 Å². The van der Waals surface area contributed by atoms with Gasteiger partial charge in [-0.15, -0.1) is 0 Å². The monoisotopic (exact) mass is 209 g/mol. The van der Waals surface area contributed by atoms with E-state index in [4.69, 9.17) is 5.11 Å². The van der Waals surface area contributed by atoms with Crippen molar-refractivity contribution in [2.45, 2.75) is 19.4 Å². The molecule has 2 rings (SSSR count). The van der Waals surface area contributed by atoms with Crippen LogP contribution in [0, 0.1) is 11.7 Å². The number of rotatable bonds is 2. The van der Waals surface area contributed by atoms with E-state index in [1.165, 1.54) is 12.1 Å². The molecule has 1 N–H and O–H groups in total. The fourth-order valence-corrected chi connectivity index (χ4v) is 2.24. The number of halogens is 1. The van der Waals surface area contributed by atoms with Gasteiger partial charge >= 0.3 is 0 Å². The minimum atomic E-state index is -0.204. The summed E-state index contributed by atoms with van der Waals surface area (Å²) >= 11 is 0. The summed E-state index contributed by atoms with van der Waals surface area (Å²) in [6.07, 6.45) is 1.01. The molecular weight excluding hydrogens is 193 g/mol. The first-order chi connectivity index (χ1) is 7.22. The van der Waals surface area contributed by atoms with Gasteiger partial charge in [0.05, 0.1) is 0 Å². The summed E-state index contributed by atoms with van der Waals surface area (Å²) in [5, 5.41) is 9.16. The molecule has 1 aromatic carbocycles. The molecule has 0 radical (unpaired) electrons. The zero-order chi connectivity index (χ0) is 10.8. The number of hydrogen-bond donors (Lipinski definition) is 1. The highest BCUT2D eigenvalue weighted by Gasteiger charge is 2.29. The van der Waals surface area contributed by atoms with Crippen molar-refractivity contribution < 1.29 is 9.50 Å². The molecular formula is C12H16FNO. The lowest BCUT2D eigenvalue weighted by molar-refractivity contribution is 0.221. The standard InChI is InChI=1S/C12H16FNO/c1-9-10(8-15)6-7-14(9)12-4-2-11(13)3-5-12/h2-5,9-10,15H,6-8H2,1H3. The number of hydrogen-bond acceptors (Lipinski definition) is 2. The smallest absolute Gasteiger partial charge is 0.123 e. The molecule has 82 valence electrons.